The Morgan fingerprint density at radius 3 is 2.64 bits per heavy atom. The molecule has 8 heteroatoms. The first-order valence-electron chi connectivity index (χ1n) is 11.0. The molecule has 1 aliphatic rings. The molecule has 3 rings (SSSR count). The van der Waals surface area contributed by atoms with E-state index in [4.69, 9.17) is 9.47 Å². The van der Waals surface area contributed by atoms with Gasteiger partial charge in [0.25, 0.3) is 0 Å². The molecule has 2 aromatic rings. The highest BCUT2D eigenvalue weighted by Crippen LogP contribution is 2.12. The molecule has 2 N–H and O–H groups in total. The zero-order valence-corrected chi connectivity index (χ0v) is 18.7. The molecule has 33 heavy (non-hydrogen) atoms. The normalized spacial score (nSPS) is 16.9. The molecule has 0 aliphatic carbocycles. The van der Waals surface area contributed by atoms with E-state index < -0.39 is 5.97 Å². The first-order chi connectivity index (χ1) is 16.1. The van der Waals surface area contributed by atoms with E-state index in [0.29, 0.717) is 38.6 Å². The first-order valence-corrected chi connectivity index (χ1v) is 11.0. The number of nitriles is 1. The number of esters is 1. The van der Waals surface area contributed by atoms with Gasteiger partial charge in [0.15, 0.2) is 5.57 Å². The number of morpholine rings is 1. The van der Waals surface area contributed by atoms with Gasteiger partial charge in [0, 0.05) is 32.7 Å². The second-order valence-electron chi connectivity index (χ2n) is 7.66. The van der Waals surface area contributed by atoms with Gasteiger partial charge in [0.2, 0.25) is 0 Å². The van der Waals surface area contributed by atoms with Crippen molar-refractivity contribution in [2.24, 2.45) is 0 Å². The summed E-state index contributed by atoms with van der Waals surface area (Å²) in [5.74, 6) is -0.607. The zero-order valence-electron chi connectivity index (χ0n) is 18.7. The standard InChI is InChI=1S/C25H29FN4O3/c1-2-32-25(31)23(14-27)24(28-15-19-6-4-3-5-7-19)29-16-22-18-30(12-13-33-22)17-20-8-10-21(26)11-9-20/h3-11,22,28-29H,2,12-13,15-18H2,1H3. The Labute approximate surface area is 193 Å². The number of halogens is 1. The van der Waals surface area contributed by atoms with Crippen LogP contribution in [0.1, 0.15) is 18.1 Å². The smallest absolute Gasteiger partial charge is 0.352 e. The third kappa shape index (κ3) is 7.59. The van der Waals surface area contributed by atoms with Gasteiger partial charge in [0.05, 0.1) is 19.3 Å². The lowest BCUT2D eigenvalue weighted by Crippen LogP contribution is -2.47. The Bertz CT molecular complexity index is 973. The fourth-order valence-electron chi connectivity index (χ4n) is 3.54. The number of rotatable bonds is 10. The van der Waals surface area contributed by atoms with Gasteiger partial charge in [-0.2, -0.15) is 5.26 Å². The van der Waals surface area contributed by atoms with Gasteiger partial charge in [0.1, 0.15) is 17.7 Å². The molecule has 2 aromatic carbocycles. The summed E-state index contributed by atoms with van der Waals surface area (Å²) in [6, 6.07) is 18.1. The van der Waals surface area contributed by atoms with Crippen LogP contribution >= 0.6 is 0 Å². The molecule has 0 amide bonds. The van der Waals surface area contributed by atoms with Crippen molar-refractivity contribution in [3.63, 3.8) is 0 Å². The minimum Gasteiger partial charge on any atom is -0.462 e. The van der Waals surface area contributed by atoms with Crippen LogP contribution in [0.15, 0.2) is 66.0 Å². The Morgan fingerprint density at radius 1 is 1.18 bits per heavy atom. The number of ether oxygens (including phenoxy) is 2. The van der Waals surface area contributed by atoms with Crippen LogP contribution in [0, 0.1) is 17.1 Å². The van der Waals surface area contributed by atoms with E-state index in [0.717, 1.165) is 17.7 Å². The van der Waals surface area contributed by atoms with E-state index in [1.807, 2.05) is 36.4 Å². The van der Waals surface area contributed by atoms with Crippen molar-refractivity contribution < 1.29 is 18.7 Å². The fourth-order valence-corrected chi connectivity index (χ4v) is 3.54. The molecule has 1 atom stereocenters. The van der Waals surface area contributed by atoms with Crippen molar-refractivity contribution in [1.29, 1.82) is 5.26 Å². The maximum atomic E-state index is 13.2. The topological polar surface area (TPSA) is 86.6 Å². The summed E-state index contributed by atoms with van der Waals surface area (Å²) in [7, 11) is 0. The lowest BCUT2D eigenvalue weighted by molar-refractivity contribution is -0.138. The van der Waals surface area contributed by atoms with E-state index in [1.165, 1.54) is 12.1 Å². The maximum Gasteiger partial charge on any atom is 0.352 e. The summed E-state index contributed by atoms with van der Waals surface area (Å²) in [4.78, 5) is 14.5. The predicted octanol–water partition coefficient (Wildman–Crippen LogP) is 2.70. The first kappa shape index (κ1) is 24.2. The minimum atomic E-state index is -0.675. The summed E-state index contributed by atoms with van der Waals surface area (Å²) in [6.45, 7) is 5.42. The van der Waals surface area contributed by atoms with Gasteiger partial charge in [-0.3, -0.25) is 4.90 Å². The Kier molecular flexibility index (Phi) is 9.24. The van der Waals surface area contributed by atoms with Crippen LogP contribution in [-0.2, 0) is 27.4 Å². The average molecular weight is 453 g/mol. The van der Waals surface area contributed by atoms with Crippen LogP contribution in [0.3, 0.4) is 0 Å². The lowest BCUT2D eigenvalue weighted by Gasteiger charge is -2.33. The van der Waals surface area contributed by atoms with Crippen molar-refractivity contribution in [3.05, 3.63) is 82.9 Å². The van der Waals surface area contributed by atoms with E-state index in [1.54, 1.807) is 19.1 Å². The molecule has 7 nitrogen and oxygen atoms in total. The molecule has 0 bridgehead atoms. The zero-order chi connectivity index (χ0) is 23.5. The molecule has 1 heterocycles. The van der Waals surface area contributed by atoms with Crippen LogP contribution in [-0.4, -0.2) is 49.8 Å². The molecule has 0 radical (unpaired) electrons. The van der Waals surface area contributed by atoms with Crippen LogP contribution in [0.25, 0.3) is 0 Å². The highest BCUT2D eigenvalue weighted by atomic mass is 19.1. The maximum absolute atomic E-state index is 13.2. The fraction of sp³-hybridized carbons (Fsp3) is 0.360. The molecule has 1 saturated heterocycles. The molecule has 0 spiro atoms. The van der Waals surface area contributed by atoms with Crippen LogP contribution in [0.2, 0.25) is 0 Å². The van der Waals surface area contributed by atoms with Gasteiger partial charge in [-0.1, -0.05) is 42.5 Å². The van der Waals surface area contributed by atoms with E-state index in [2.05, 4.69) is 15.5 Å². The molecule has 174 valence electrons. The van der Waals surface area contributed by atoms with Gasteiger partial charge < -0.3 is 20.1 Å². The number of carbonyl (C=O) groups is 1. The van der Waals surface area contributed by atoms with Gasteiger partial charge in [-0.25, -0.2) is 9.18 Å². The predicted molar refractivity (Wildman–Crippen MR) is 122 cm³/mol. The van der Waals surface area contributed by atoms with Crippen LogP contribution in [0.4, 0.5) is 4.39 Å². The summed E-state index contributed by atoms with van der Waals surface area (Å²) < 4.78 is 24.1. The highest BCUT2D eigenvalue weighted by Gasteiger charge is 2.23. The lowest BCUT2D eigenvalue weighted by atomic mass is 10.2. The Hall–Kier alpha value is -3.41. The van der Waals surface area contributed by atoms with Crippen LogP contribution < -0.4 is 10.6 Å². The largest absolute Gasteiger partial charge is 0.462 e. The number of hydrogen-bond acceptors (Lipinski definition) is 7. The van der Waals surface area contributed by atoms with Crippen molar-refractivity contribution in [1.82, 2.24) is 15.5 Å². The molecule has 0 saturated carbocycles. The van der Waals surface area contributed by atoms with Crippen molar-refractivity contribution in [2.45, 2.75) is 26.1 Å². The quantitative estimate of drug-likeness (QED) is 0.326. The summed E-state index contributed by atoms with van der Waals surface area (Å²) >= 11 is 0. The van der Waals surface area contributed by atoms with Gasteiger partial charge in [-0.05, 0) is 30.2 Å². The highest BCUT2D eigenvalue weighted by molar-refractivity contribution is 5.93. The molecular formula is C25H29FN4O3. The number of nitrogens with zero attached hydrogens (tertiary/aromatic N) is 2. The number of carbonyl (C=O) groups excluding carboxylic acids is 1. The monoisotopic (exact) mass is 452 g/mol. The summed E-state index contributed by atoms with van der Waals surface area (Å²) in [6.07, 6.45) is -0.144. The average Bonchev–Trinajstić information content (AvgIpc) is 2.83. The van der Waals surface area contributed by atoms with E-state index in [9.17, 15) is 14.4 Å². The van der Waals surface area contributed by atoms with Crippen LogP contribution in [0.5, 0.6) is 0 Å². The number of benzene rings is 2. The summed E-state index contributed by atoms with van der Waals surface area (Å²) in [5.41, 5.74) is 1.94. The van der Waals surface area contributed by atoms with Crippen molar-refractivity contribution in [2.75, 3.05) is 32.8 Å². The van der Waals surface area contributed by atoms with E-state index >= 15 is 0 Å². The third-order valence-corrected chi connectivity index (χ3v) is 5.20. The SMILES string of the molecule is CCOC(=O)C(C#N)=C(NCc1ccccc1)NCC1CN(Cc2ccc(F)cc2)CCO1. The van der Waals surface area contributed by atoms with E-state index in [-0.39, 0.29) is 24.1 Å². The summed E-state index contributed by atoms with van der Waals surface area (Å²) in [5, 5.41) is 15.9. The Morgan fingerprint density at radius 2 is 1.94 bits per heavy atom. The van der Waals surface area contributed by atoms with Gasteiger partial charge >= 0.3 is 5.97 Å². The molecule has 0 aromatic heterocycles. The minimum absolute atomic E-state index is 0.105. The third-order valence-electron chi connectivity index (χ3n) is 5.20. The molecule has 1 aliphatic heterocycles. The second-order valence-corrected chi connectivity index (χ2v) is 7.66. The second kappa shape index (κ2) is 12.6. The molecule has 1 fully saturated rings. The number of hydrogen-bond donors (Lipinski definition) is 2. The van der Waals surface area contributed by atoms with Crippen molar-refractivity contribution >= 4 is 5.97 Å². The molecular weight excluding hydrogens is 423 g/mol. The molecule has 1 unspecified atom stereocenters. The number of nitrogens with one attached hydrogen (secondary N) is 2. The van der Waals surface area contributed by atoms with Crippen molar-refractivity contribution in [3.8, 4) is 6.07 Å². The Balaban J connectivity index is 1.64. The van der Waals surface area contributed by atoms with Gasteiger partial charge in [-0.15, -0.1) is 0 Å².